The largest absolute Gasteiger partial charge is 0.390 e. The maximum absolute atomic E-state index is 11.3. The van der Waals surface area contributed by atoms with E-state index < -0.39 is 23.4 Å². The fraction of sp³-hybridized carbons (Fsp3) is 1.00. The van der Waals surface area contributed by atoms with Crippen LogP contribution in [0.2, 0.25) is 0 Å². The molecule has 4 N–H and O–H groups in total. The SMILES string of the molecule is CCCCC(O)(C(C)O)C(CCC)CCCCC(CCC)C(O)(CCCC)C(C)O. The number of unbranched alkanes of at least 4 members (excludes halogenated alkanes) is 3. The third-order valence-corrected chi connectivity index (χ3v) is 7.35. The molecule has 0 spiro atoms. The topological polar surface area (TPSA) is 80.9 Å². The Morgan fingerprint density at radius 1 is 0.533 bits per heavy atom. The van der Waals surface area contributed by atoms with Crippen LogP contribution in [-0.2, 0) is 0 Å². The maximum Gasteiger partial charge on any atom is 0.0930 e. The molecule has 6 atom stereocenters. The summed E-state index contributed by atoms with van der Waals surface area (Å²) < 4.78 is 0. The molecule has 0 amide bonds. The summed E-state index contributed by atoms with van der Waals surface area (Å²) in [5.74, 6) is 0.212. The smallest absolute Gasteiger partial charge is 0.0930 e. The Kier molecular flexibility index (Phi) is 15.5. The van der Waals surface area contributed by atoms with Crippen LogP contribution < -0.4 is 0 Å². The van der Waals surface area contributed by atoms with Crippen molar-refractivity contribution in [2.75, 3.05) is 0 Å². The van der Waals surface area contributed by atoms with Gasteiger partial charge in [-0.15, -0.1) is 0 Å². The minimum atomic E-state index is -1.00. The molecule has 0 aromatic heterocycles. The van der Waals surface area contributed by atoms with Gasteiger partial charge in [0, 0.05) is 0 Å². The highest BCUT2D eigenvalue weighted by Crippen LogP contribution is 2.37. The molecule has 0 bridgehead atoms. The lowest BCUT2D eigenvalue weighted by Gasteiger charge is -2.40. The van der Waals surface area contributed by atoms with Gasteiger partial charge in [0.2, 0.25) is 0 Å². The summed E-state index contributed by atoms with van der Waals surface area (Å²) >= 11 is 0. The molecule has 0 aromatic carbocycles. The minimum Gasteiger partial charge on any atom is -0.390 e. The van der Waals surface area contributed by atoms with Crippen molar-refractivity contribution in [2.24, 2.45) is 11.8 Å². The molecular formula is C26H54O4. The van der Waals surface area contributed by atoms with Gasteiger partial charge in [0.1, 0.15) is 0 Å². The van der Waals surface area contributed by atoms with Gasteiger partial charge in [-0.25, -0.2) is 0 Å². The molecular weight excluding hydrogens is 376 g/mol. The molecule has 4 nitrogen and oxygen atoms in total. The quantitative estimate of drug-likeness (QED) is 0.190. The van der Waals surface area contributed by atoms with Crippen LogP contribution >= 0.6 is 0 Å². The molecule has 0 aliphatic carbocycles. The zero-order valence-electron chi connectivity index (χ0n) is 21.0. The van der Waals surface area contributed by atoms with E-state index in [4.69, 9.17) is 0 Å². The van der Waals surface area contributed by atoms with E-state index in [1.807, 2.05) is 0 Å². The summed E-state index contributed by atoms with van der Waals surface area (Å²) in [5, 5.41) is 43.3. The van der Waals surface area contributed by atoms with Gasteiger partial charge in [-0.1, -0.05) is 79.1 Å². The van der Waals surface area contributed by atoms with Crippen LogP contribution in [0, 0.1) is 11.8 Å². The minimum absolute atomic E-state index is 0.106. The molecule has 182 valence electrons. The summed E-state index contributed by atoms with van der Waals surface area (Å²) in [6, 6.07) is 0. The molecule has 0 saturated carbocycles. The second-order valence-electron chi connectivity index (χ2n) is 9.80. The Labute approximate surface area is 187 Å². The van der Waals surface area contributed by atoms with Crippen LogP contribution in [-0.4, -0.2) is 43.8 Å². The lowest BCUT2D eigenvalue weighted by Crippen LogP contribution is -2.48. The average Bonchev–Trinajstić information content (AvgIpc) is 2.71. The fourth-order valence-corrected chi connectivity index (χ4v) is 5.20. The van der Waals surface area contributed by atoms with Crippen LogP contribution in [0.3, 0.4) is 0 Å². The van der Waals surface area contributed by atoms with Gasteiger partial charge >= 0.3 is 0 Å². The van der Waals surface area contributed by atoms with Crippen LogP contribution in [0.15, 0.2) is 0 Å². The van der Waals surface area contributed by atoms with Crippen molar-refractivity contribution in [3.05, 3.63) is 0 Å². The third-order valence-electron chi connectivity index (χ3n) is 7.35. The molecule has 6 unspecified atom stereocenters. The standard InChI is InChI=1S/C26H54O4/c1-7-11-19-25(29,21(5)27)23(15-9-3)17-13-14-18-24(16-10-4)26(30,22(6)28)20-12-8-2/h21-24,27-30H,7-20H2,1-6H3. The molecule has 4 heteroatoms. The number of hydrogen-bond donors (Lipinski definition) is 4. The molecule has 0 heterocycles. The van der Waals surface area contributed by atoms with Gasteiger partial charge < -0.3 is 20.4 Å². The number of aliphatic hydroxyl groups is 4. The predicted octanol–water partition coefficient (Wildman–Crippen LogP) is 5.98. The molecule has 0 rings (SSSR count). The highest BCUT2D eigenvalue weighted by molar-refractivity contribution is 4.92. The molecule has 0 aromatic rings. The van der Waals surface area contributed by atoms with Gasteiger partial charge in [0.05, 0.1) is 23.4 Å². The summed E-state index contributed by atoms with van der Waals surface area (Å²) in [6.07, 6.45) is 11.4. The third kappa shape index (κ3) is 9.14. The van der Waals surface area contributed by atoms with Crippen molar-refractivity contribution in [3.63, 3.8) is 0 Å². The van der Waals surface area contributed by atoms with Crippen molar-refractivity contribution in [1.82, 2.24) is 0 Å². The lowest BCUT2D eigenvalue weighted by atomic mass is 9.73. The van der Waals surface area contributed by atoms with E-state index >= 15 is 0 Å². The molecule has 0 saturated heterocycles. The monoisotopic (exact) mass is 430 g/mol. The molecule has 0 fully saturated rings. The van der Waals surface area contributed by atoms with Gasteiger partial charge in [-0.3, -0.25) is 0 Å². The summed E-state index contributed by atoms with van der Waals surface area (Å²) in [5.41, 5.74) is -2.01. The first-order chi connectivity index (χ1) is 14.1. The summed E-state index contributed by atoms with van der Waals surface area (Å²) in [4.78, 5) is 0. The Bertz CT molecular complexity index is 374. The van der Waals surface area contributed by atoms with Crippen molar-refractivity contribution in [2.45, 2.75) is 155 Å². The van der Waals surface area contributed by atoms with Crippen molar-refractivity contribution in [3.8, 4) is 0 Å². The predicted molar refractivity (Wildman–Crippen MR) is 128 cm³/mol. The van der Waals surface area contributed by atoms with E-state index in [2.05, 4.69) is 27.7 Å². The number of rotatable bonds is 19. The van der Waals surface area contributed by atoms with E-state index in [0.717, 1.165) is 77.0 Å². The summed E-state index contributed by atoms with van der Waals surface area (Å²) in [6.45, 7) is 12.0. The zero-order chi connectivity index (χ0) is 23.2. The van der Waals surface area contributed by atoms with E-state index in [-0.39, 0.29) is 11.8 Å². The van der Waals surface area contributed by atoms with Crippen LogP contribution in [0.1, 0.15) is 131 Å². The number of aliphatic hydroxyl groups excluding tert-OH is 2. The average molecular weight is 431 g/mol. The van der Waals surface area contributed by atoms with Crippen molar-refractivity contribution >= 4 is 0 Å². The van der Waals surface area contributed by atoms with E-state index in [9.17, 15) is 20.4 Å². The maximum atomic E-state index is 11.3. The van der Waals surface area contributed by atoms with Gasteiger partial charge in [0.15, 0.2) is 0 Å². The van der Waals surface area contributed by atoms with Crippen LogP contribution in [0.25, 0.3) is 0 Å². The normalized spacial score (nSPS) is 20.2. The Hall–Kier alpha value is -0.160. The zero-order valence-corrected chi connectivity index (χ0v) is 21.0. The van der Waals surface area contributed by atoms with E-state index in [0.29, 0.717) is 12.8 Å². The second kappa shape index (κ2) is 15.6. The van der Waals surface area contributed by atoms with Gasteiger partial charge in [0.25, 0.3) is 0 Å². The Balaban J connectivity index is 5.06. The fourth-order valence-electron chi connectivity index (χ4n) is 5.20. The molecule has 0 aliphatic rings. The Morgan fingerprint density at radius 2 is 0.867 bits per heavy atom. The first-order valence-electron chi connectivity index (χ1n) is 12.9. The van der Waals surface area contributed by atoms with Crippen LogP contribution in [0.4, 0.5) is 0 Å². The van der Waals surface area contributed by atoms with Crippen LogP contribution in [0.5, 0.6) is 0 Å². The van der Waals surface area contributed by atoms with E-state index in [1.165, 1.54) is 0 Å². The van der Waals surface area contributed by atoms with Gasteiger partial charge in [-0.2, -0.15) is 0 Å². The molecule has 30 heavy (non-hydrogen) atoms. The highest BCUT2D eigenvalue weighted by Gasteiger charge is 2.41. The Morgan fingerprint density at radius 3 is 1.10 bits per heavy atom. The van der Waals surface area contributed by atoms with Crippen molar-refractivity contribution in [1.29, 1.82) is 0 Å². The molecule has 0 aliphatic heterocycles. The lowest BCUT2D eigenvalue weighted by molar-refractivity contribution is -0.121. The highest BCUT2D eigenvalue weighted by atomic mass is 16.3. The first-order valence-corrected chi connectivity index (χ1v) is 12.9. The first kappa shape index (κ1) is 29.8. The molecule has 0 radical (unpaired) electrons. The van der Waals surface area contributed by atoms with E-state index in [1.54, 1.807) is 13.8 Å². The second-order valence-corrected chi connectivity index (χ2v) is 9.80. The number of hydrogen-bond acceptors (Lipinski definition) is 4. The van der Waals surface area contributed by atoms with Gasteiger partial charge in [-0.05, 0) is 64.2 Å². The van der Waals surface area contributed by atoms with Crippen molar-refractivity contribution < 1.29 is 20.4 Å². The summed E-state index contributed by atoms with van der Waals surface area (Å²) in [7, 11) is 0.